The van der Waals surface area contributed by atoms with E-state index in [0.717, 1.165) is 0 Å². The lowest BCUT2D eigenvalue weighted by molar-refractivity contribution is 0.575. The summed E-state index contributed by atoms with van der Waals surface area (Å²) in [4.78, 5) is 3.84. The van der Waals surface area contributed by atoms with Crippen molar-refractivity contribution >= 4 is 23.1 Å². The van der Waals surface area contributed by atoms with Crippen LogP contribution in [0.5, 0.6) is 0 Å². The number of hydrogen-bond donors (Lipinski definition) is 0. The molecule has 0 aliphatic rings. The van der Waals surface area contributed by atoms with E-state index in [2.05, 4.69) is 34.2 Å². The Morgan fingerprint density at radius 1 is 0.815 bits per heavy atom. The van der Waals surface area contributed by atoms with Crippen LogP contribution in [0.25, 0.3) is 11.1 Å². The van der Waals surface area contributed by atoms with Crippen LogP contribution in [0.15, 0.2) is 59.6 Å². The van der Waals surface area contributed by atoms with Crippen LogP contribution in [-0.2, 0) is 0 Å². The van der Waals surface area contributed by atoms with Gasteiger partial charge in [0.15, 0.2) is 0 Å². The van der Waals surface area contributed by atoms with E-state index in [1.165, 1.54) is 18.2 Å². The fourth-order valence-electron chi connectivity index (χ4n) is 2.55. The molecular formula is C22H12F3NS. The first kappa shape index (κ1) is 18.6. The minimum absolute atomic E-state index is 0.317. The van der Waals surface area contributed by atoms with Crippen molar-refractivity contribution in [2.75, 3.05) is 0 Å². The molecule has 0 N–H and O–H groups in total. The van der Waals surface area contributed by atoms with Crippen molar-refractivity contribution in [1.29, 1.82) is 0 Å². The topological polar surface area (TPSA) is 12.4 Å². The highest BCUT2D eigenvalue weighted by molar-refractivity contribution is 7.78. The van der Waals surface area contributed by atoms with Gasteiger partial charge in [-0.05, 0) is 66.7 Å². The highest BCUT2D eigenvalue weighted by atomic mass is 32.1. The van der Waals surface area contributed by atoms with E-state index in [4.69, 9.17) is 0 Å². The first-order valence-electron chi connectivity index (χ1n) is 7.93. The summed E-state index contributed by atoms with van der Waals surface area (Å²) >= 11 is 4.54. The predicted octanol–water partition coefficient (Wildman–Crippen LogP) is 6.21. The van der Waals surface area contributed by atoms with Gasteiger partial charge in [-0.3, -0.25) is 0 Å². The van der Waals surface area contributed by atoms with Crippen molar-refractivity contribution in [2.24, 2.45) is 4.99 Å². The summed E-state index contributed by atoms with van der Waals surface area (Å²) in [5.74, 6) is 3.07. The zero-order valence-electron chi connectivity index (χ0n) is 14.2. The molecule has 3 aromatic rings. The number of isothiocyanates is 1. The third-order valence-electron chi connectivity index (χ3n) is 3.84. The Labute approximate surface area is 160 Å². The molecule has 0 saturated carbocycles. The second-order valence-electron chi connectivity index (χ2n) is 5.80. The molecule has 5 heteroatoms. The molecule has 0 saturated heterocycles. The van der Waals surface area contributed by atoms with E-state index in [-0.39, 0.29) is 5.56 Å². The summed E-state index contributed by atoms with van der Waals surface area (Å²) in [6.45, 7) is 1.59. The van der Waals surface area contributed by atoms with Crippen molar-refractivity contribution in [3.63, 3.8) is 0 Å². The van der Waals surface area contributed by atoms with Gasteiger partial charge in [-0.15, -0.1) is 0 Å². The Hall–Kier alpha value is -3.19. The molecule has 0 fully saturated rings. The van der Waals surface area contributed by atoms with Crippen LogP contribution in [0.3, 0.4) is 0 Å². The van der Waals surface area contributed by atoms with E-state index < -0.39 is 17.5 Å². The lowest BCUT2D eigenvalue weighted by Gasteiger charge is -2.04. The first-order valence-corrected chi connectivity index (χ1v) is 8.34. The molecule has 3 rings (SSSR count). The average molecular weight is 379 g/mol. The summed E-state index contributed by atoms with van der Waals surface area (Å²) in [6, 6.07) is 13.6. The van der Waals surface area contributed by atoms with Crippen LogP contribution in [0.1, 0.15) is 16.7 Å². The molecule has 0 bridgehead atoms. The fraction of sp³-hybridized carbons (Fsp3) is 0.0455. The third kappa shape index (κ3) is 4.32. The molecule has 0 aliphatic heterocycles. The van der Waals surface area contributed by atoms with Crippen molar-refractivity contribution < 1.29 is 13.2 Å². The normalized spacial score (nSPS) is 9.93. The van der Waals surface area contributed by atoms with E-state index in [1.807, 2.05) is 0 Å². The number of aliphatic imine (C=N–C) groups is 1. The van der Waals surface area contributed by atoms with E-state index in [1.54, 1.807) is 43.3 Å². The number of thiocarbonyl (C=S) groups is 1. The number of rotatable bonds is 2. The Bertz CT molecular complexity index is 1100. The number of halogens is 3. The minimum atomic E-state index is -0.740. The second kappa shape index (κ2) is 8.01. The smallest absolute Gasteiger partial charge is 0.142 e. The molecule has 132 valence electrons. The highest BCUT2D eigenvalue weighted by Gasteiger charge is 2.08. The van der Waals surface area contributed by atoms with Crippen LogP contribution in [0.4, 0.5) is 18.9 Å². The van der Waals surface area contributed by atoms with Gasteiger partial charge in [-0.25, -0.2) is 13.2 Å². The maximum absolute atomic E-state index is 14.5. The average Bonchev–Trinajstić information content (AvgIpc) is 2.62. The minimum Gasteiger partial charge on any atom is -0.206 e. The Morgan fingerprint density at radius 3 is 2.07 bits per heavy atom. The maximum Gasteiger partial charge on any atom is 0.142 e. The number of aryl methyl sites for hydroxylation is 1. The Kier molecular flexibility index (Phi) is 5.52. The first-order chi connectivity index (χ1) is 13.0. The largest absolute Gasteiger partial charge is 0.206 e. The molecule has 1 nitrogen and oxygen atoms in total. The van der Waals surface area contributed by atoms with Crippen LogP contribution < -0.4 is 0 Å². The van der Waals surface area contributed by atoms with Crippen LogP contribution in [-0.4, -0.2) is 5.16 Å². The van der Waals surface area contributed by atoms with Gasteiger partial charge >= 0.3 is 0 Å². The molecule has 3 aromatic carbocycles. The summed E-state index contributed by atoms with van der Waals surface area (Å²) in [5, 5.41) is 2.27. The number of hydrogen-bond acceptors (Lipinski definition) is 2. The molecule has 0 aliphatic carbocycles. The van der Waals surface area contributed by atoms with Gasteiger partial charge in [0.1, 0.15) is 17.5 Å². The summed E-state index contributed by atoms with van der Waals surface area (Å²) in [5.41, 5.74) is 2.11. The quantitative estimate of drug-likeness (QED) is 0.293. The third-order valence-corrected chi connectivity index (χ3v) is 3.93. The predicted molar refractivity (Wildman–Crippen MR) is 104 cm³/mol. The van der Waals surface area contributed by atoms with Crippen molar-refractivity contribution in [2.45, 2.75) is 6.92 Å². The van der Waals surface area contributed by atoms with Gasteiger partial charge in [0, 0.05) is 11.1 Å². The van der Waals surface area contributed by atoms with Crippen LogP contribution >= 0.6 is 12.2 Å². The Balaban J connectivity index is 1.91. The van der Waals surface area contributed by atoms with Gasteiger partial charge in [0.05, 0.1) is 16.4 Å². The number of nitrogens with zero attached hydrogens (tertiary/aromatic N) is 1. The lowest BCUT2D eigenvalue weighted by atomic mass is 10.0. The number of benzene rings is 3. The molecule has 0 amide bonds. The van der Waals surface area contributed by atoms with Crippen molar-refractivity contribution in [3.8, 4) is 23.0 Å². The summed E-state index contributed by atoms with van der Waals surface area (Å²) < 4.78 is 42.1. The molecule has 0 radical (unpaired) electrons. The SMILES string of the molecule is Cc1cc(F)c(C#Cc2ccc(-c3ccc(N=C=S)cc3)c(F)c2)c(F)c1. The zero-order valence-corrected chi connectivity index (χ0v) is 15.0. The van der Waals surface area contributed by atoms with E-state index in [0.29, 0.717) is 27.9 Å². The zero-order chi connectivity index (χ0) is 19.4. The monoisotopic (exact) mass is 379 g/mol. The fourth-order valence-corrected chi connectivity index (χ4v) is 2.65. The second-order valence-corrected chi connectivity index (χ2v) is 5.98. The maximum atomic E-state index is 14.5. The van der Waals surface area contributed by atoms with Gasteiger partial charge < -0.3 is 0 Å². The summed E-state index contributed by atoms with van der Waals surface area (Å²) in [7, 11) is 0. The van der Waals surface area contributed by atoms with Gasteiger partial charge in [-0.1, -0.05) is 30.0 Å². The van der Waals surface area contributed by atoms with E-state index >= 15 is 0 Å². The molecular weight excluding hydrogens is 367 g/mol. The summed E-state index contributed by atoms with van der Waals surface area (Å²) in [6.07, 6.45) is 0. The standard InChI is InChI=1S/C22H12F3NS/c1-14-10-20(23)19(21(24)11-14)9-3-15-2-8-18(22(25)12-15)16-4-6-17(7-5-16)26-13-27/h2,4-8,10-12H,1H3. The molecule has 0 aromatic heterocycles. The van der Waals surface area contributed by atoms with Crippen molar-refractivity contribution in [1.82, 2.24) is 0 Å². The lowest BCUT2D eigenvalue weighted by Crippen LogP contribution is -1.92. The molecule has 0 atom stereocenters. The molecule has 0 unspecified atom stereocenters. The van der Waals surface area contributed by atoms with Gasteiger partial charge in [-0.2, -0.15) is 4.99 Å². The van der Waals surface area contributed by atoms with Gasteiger partial charge in [0.2, 0.25) is 0 Å². The van der Waals surface area contributed by atoms with Crippen LogP contribution in [0, 0.1) is 36.2 Å². The van der Waals surface area contributed by atoms with E-state index in [9.17, 15) is 13.2 Å². The van der Waals surface area contributed by atoms with Crippen molar-refractivity contribution in [3.05, 3.63) is 88.7 Å². The molecule has 0 heterocycles. The van der Waals surface area contributed by atoms with Gasteiger partial charge in [0.25, 0.3) is 0 Å². The molecule has 27 heavy (non-hydrogen) atoms. The Morgan fingerprint density at radius 2 is 1.48 bits per heavy atom. The molecule has 0 spiro atoms. The highest BCUT2D eigenvalue weighted by Crippen LogP contribution is 2.26. The van der Waals surface area contributed by atoms with Crippen LogP contribution in [0.2, 0.25) is 0 Å².